The molecule has 272 valence electrons. The van der Waals surface area contributed by atoms with Crippen LogP contribution in [0.3, 0.4) is 0 Å². The van der Waals surface area contributed by atoms with Crippen molar-refractivity contribution in [2.24, 2.45) is 0 Å². The maximum Gasteiger partial charge on any atom is 0.416 e. The van der Waals surface area contributed by atoms with Crippen LogP contribution in [0, 0.1) is 0 Å². The highest BCUT2D eigenvalue weighted by Gasteiger charge is 2.39. The number of alkyl halides is 6. The molecule has 1 amide bonds. The Hall–Kier alpha value is -3.61. The molecule has 1 aliphatic rings. The quantitative estimate of drug-likeness (QED) is 0.155. The first-order valence-electron chi connectivity index (χ1n) is 16.2. The van der Waals surface area contributed by atoms with Crippen LogP contribution in [0.5, 0.6) is 0 Å². The zero-order chi connectivity index (χ0) is 37.0. The van der Waals surface area contributed by atoms with Crippen LogP contribution in [-0.2, 0) is 29.3 Å². The van der Waals surface area contributed by atoms with Gasteiger partial charge in [0, 0.05) is 44.7 Å². The number of benzene rings is 4. The van der Waals surface area contributed by atoms with Crippen molar-refractivity contribution in [2.75, 3.05) is 33.2 Å². The molecule has 1 fully saturated rings. The molecule has 1 N–H and O–H groups in total. The lowest BCUT2D eigenvalue weighted by molar-refractivity contribution is -0.143. The molecule has 0 radical (unpaired) electrons. The normalized spacial score (nSPS) is 16.4. The van der Waals surface area contributed by atoms with Gasteiger partial charge in [-0.3, -0.25) is 4.79 Å². The fourth-order valence-corrected chi connectivity index (χ4v) is 6.67. The van der Waals surface area contributed by atoms with Gasteiger partial charge in [0.15, 0.2) is 0 Å². The minimum atomic E-state index is -5.03. The van der Waals surface area contributed by atoms with E-state index in [1.165, 1.54) is 4.90 Å². The monoisotopic (exact) mass is 752 g/mol. The lowest BCUT2D eigenvalue weighted by Crippen LogP contribution is -2.48. The molecule has 4 aromatic carbocycles. The van der Waals surface area contributed by atoms with Crippen molar-refractivity contribution in [1.29, 1.82) is 0 Å². The third-order valence-corrected chi connectivity index (χ3v) is 9.94. The van der Waals surface area contributed by atoms with Gasteiger partial charge in [0.05, 0.1) is 39.5 Å². The molecule has 0 spiro atoms. The summed E-state index contributed by atoms with van der Waals surface area (Å²) in [7, 11) is 1.60. The van der Waals surface area contributed by atoms with E-state index in [-0.39, 0.29) is 40.7 Å². The molecule has 5 rings (SSSR count). The zero-order valence-electron chi connectivity index (χ0n) is 27.5. The van der Waals surface area contributed by atoms with E-state index in [2.05, 4.69) is 0 Å². The standard InChI is InChI=1S/C38H36Cl2F6N2O3/c1-47(35(49)26-8-4-2-5-9-26)22-31(27-12-13-32(39)33(40)20-27)34(23-48-16-14-36(50,15-17-48)28-10-6-3-7-11-28)51-24-25-18-29(37(41,42)43)21-30(19-25)38(44,45)46/h2-13,18-21,31,34,50H,14-17,22-24H2,1H3. The first kappa shape index (κ1) is 38.6. The first-order chi connectivity index (χ1) is 24.0. The highest BCUT2D eigenvalue weighted by Crippen LogP contribution is 2.38. The molecule has 0 aromatic heterocycles. The van der Waals surface area contributed by atoms with Gasteiger partial charge in [0.1, 0.15) is 0 Å². The second kappa shape index (κ2) is 16.0. The van der Waals surface area contributed by atoms with Gasteiger partial charge in [0.25, 0.3) is 5.91 Å². The second-order valence-electron chi connectivity index (χ2n) is 12.8. The summed E-state index contributed by atoms with van der Waals surface area (Å²) >= 11 is 12.7. The molecule has 5 nitrogen and oxygen atoms in total. The smallest absolute Gasteiger partial charge is 0.385 e. The minimum absolute atomic E-state index is 0.0501. The Bertz CT molecular complexity index is 1750. The van der Waals surface area contributed by atoms with E-state index in [4.69, 9.17) is 27.9 Å². The van der Waals surface area contributed by atoms with Crippen LogP contribution in [-0.4, -0.2) is 60.1 Å². The van der Waals surface area contributed by atoms with Crippen LogP contribution >= 0.6 is 23.2 Å². The van der Waals surface area contributed by atoms with E-state index < -0.39 is 47.7 Å². The Labute approximate surface area is 302 Å². The number of piperidine rings is 1. The number of ether oxygens (including phenoxy) is 1. The number of hydrogen-bond acceptors (Lipinski definition) is 4. The van der Waals surface area contributed by atoms with Crippen LogP contribution in [0.4, 0.5) is 26.3 Å². The summed E-state index contributed by atoms with van der Waals surface area (Å²) in [5.74, 6) is -0.974. The van der Waals surface area contributed by atoms with Crippen LogP contribution in [0.2, 0.25) is 10.0 Å². The summed E-state index contributed by atoms with van der Waals surface area (Å²) in [6.45, 7) is 0.468. The third-order valence-electron chi connectivity index (χ3n) is 9.20. The molecule has 13 heteroatoms. The number of likely N-dealkylation sites (N-methyl/N-ethyl adjacent to an activating group) is 1. The lowest BCUT2D eigenvalue weighted by atomic mass is 9.84. The third kappa shape index (κ3) is 9.84. The van der Waals surface area contributed by atoms with E-state index in [0.717, 1.165) is 5.56 Å². The highest BCUT2D eigenvalue weighted by atomic mass is 35.5. The topological polar surface area (TPSA) is 53.0 Å². The van der Waals surface area contributed by atoms with Crippen LogP contribution < -0.4 is 0 Å². The maximum absolute atomic E-state index is 13.7. The van der Waals surface area contributed by atoms with Crippen molar-refractivity contribution in [3.63, 3.8) is 0 Å². The van der Waals surface area contributed by atoms with Gasteiger partial charge in [-0.1, -0.05) is 77.8 Å². The minimum Gasteiger partial charge on any atom is -0.385 e. The molecular formula is C38H36Cl2F6N2O3. The SMILES string of the molecule is CN(CC(c1ccc(Cl)c(Cl)c1)C(CN1CCC(O)(c2ccccc2)CC1)OCc1cc(C(F)(F)F)cc(C(F)(F)F)c1)C(=O)c1ccccc1. The molecule has 51 heavy (non-hydrogen) atoms. The van der Waals surface area contributed by atoms with Gasteiger partial charge in [-0.05, 0) is 72.0 Å². The van der Waals surface area contributed by atoms with E-state index in [9.17, 15) is 36.2 Å². The predicted molar refractivity (Wildman–Crippen MR) is 184 cm³/mol. The van der Waals surface area contributed by atoms with Crippen LogP contribution in [0.1, 0.15) is 56.9 Å². The van der Waals surface area contributed by atoms with E-state index in [1.54, 1.807) is 55.6 Å². The Morgan fingerprint density at radius 2 is 1.41 bits per heavy atom. The summed E-state index contributed by atoms with van der Waals surface area (Å²) in [6, 6.07) is 24.0. The molecule has 1 saturated heterocycles. The van der Waals surface area contributed by atoms with Crippen molar-refractivity contribution in [3.8, 4) is 0 Å². The fourth-order valence-electron chi connectivity index (χ4n) is 6.36. The summed E-state index contributed by atoms with van der Waals surface area (Å²) in [5.41, 5.74) is -2.50. The van der Waals surface area contributed by atoms with Crippen molar-refractivity contribution < 1.29 is 41.0 Å². The number of likely N-dealkylation sites (tertiary alicyclic amines) is 1. The Balaban J connectivity index is 1.49. The molecule has 4 aromatic rings. The number of amides is 1. The van der Waals surface area contributed by atoms with Gasteiger partial charge >= 0.3 is 12.4 Å². The molecule has 0 bridgehead atoms. The van der Waals surface area contributed by atoms with E-state index in [0.29, 0.717) is 49.2 Å². The van der Waals surface area contributed by atoms with Gasteiger partial charge in [-0.15, -0.1) is 0 Å². The van der Waals surface area contributed by atoms with Gasteiger partial charge < -0.3 is 19.6 Å². The lowest BCUT2D eigenvalue weighted by Gasteiger charge is -2.41. The number of hydrogen-bond donors (Lipinski definition) is 1. The largest absolute Gasteiger partial charge is 0.416 e. The molecule has 0 saturated carbocycles. The number of aliphatic hydroxyl groups is 1. The molecular weight excluding hydrogens is 717 g/mol. The van der Waals surface area contributed by atoms with Crippen molar-refractivity contribution in [1.82, 2.24) is 9.80 Å². The summed E-state index contributed by atoms with van der Waals surface area (Å²) in [4.78, 5) is 17.0. The van der Waals surface area contributed by atoms with Crippen molar-refractivity contribution in [2.45, 2.75) is 49.4 Å². The number of rotatable bonds is 11. The predicted octanol–water partition coefficient (Wildman–Crippen LogP) is 9.46. The number of carbonyl (C=O) groups excluding carboxylic acids is 1. The molecule has 1 aliphatic heterocycles. The number of nitrogens with zero attached hydrogens (tertiary/aromatic N) is 2. The van der Waals surface area contributed by atoms with Crippen molar-refractivity contribution in [3.05, 3.63) is 140 Å². The first-order valence-corrected chi connectivity index (χ1v) is 16.9. The molecule has 2 unspecified atom stereocenters. The van der Waals surface area contributed by atoms with Gasteiger partial charge in [0.2, 0.25) is 0 Å². The van der Waals surface area contributed by atoms with Crippen LogP contribution in [0.25, 0.3) is 0 Å². The average molecular weight is 754 g/mol. The number of carbonyl (C=O) groups is 1. The van der Waals surface area contributed by atoms with E-state index in [1.807, 2.05) is 35.2 Å². The summed E-state index contributed by atoms with van der Waals surface area (Å²) in [5, 5.41) is 11.9. The summed E-state index contributed by atoms with van der Waals surface area (Å²) in [6.07, 6.45) is -10.2. The Morgan fingerprint density at radius 3 is 1.96 bits per heavy atom. The van der Waals surface area contributed by atoms with Crippen molar-refractivity contribution >= 4 is 29.1 Å². The van der Waals surface area contributed by atoms with Gasteiger partial charge in [-0.25, -0.2) is 0 Å². The second-order valence-corrected chi connectivity index (χ2v) is 13.6. The fraction of sp³-hybridized carbons (Fsp3) is 0.342. The molecule has 2 atom stereocenters. The molecule has 1 heterocycles. The highest BCUT2D eigenvalue weighted by molar-refractivity contribution is 6.42. The van der Waals surface area contributed by atoms with Gasteiger partial charge in [-0.2, -0.15) is 26.3 Å². The maximum atomic E-state index is 13.7. The molecule has 0 aliphatic carbocycles. The zero-order valence-corrected chi connectivity index (χ0v) is 29.0. The van der Waals surface area contributed by atoms with E-state index >= 15 is 0 Å². The summed E-state index contributed by atoms with van der Waals surface area (Å²) < 4.78 is 88.6. The Morgan fingerprint density at radius 1 is 0.843 bits per heavy atom. The Kier molecular flexibility index (Phi) is 12.1. The van der Waals surface area contributed by atoms with Crippen LogP contribution in [0.15, 0.2) is 97.1 Å². The average Bonchev–Trinajstić information content (AvgIpc) is 3.10. The number of halogens is 8.